The van der Waals surface area contributed by atoms with Crippen LogP contribution in [0.3, 0.4) is 0 Å². The molecule has 1 amide bonds. The molecule has 2 unspecified atom stereocenters. The largest absolute Gasteiger partial charge is 0.476 e. The molecule has 0 aliphatic carbocycles. The minimum atomic E-state index is -4.40. The van der Waals surface area contributed by atoms with E-state index < -0.39 is 17.7 Å². The molecule has 0 saturated carbocycles. The number of nitrogens with zero attached hydrogens (tertiary/aromatic N) is 5. The van der Waals surface area contributed by atoms with Crippen molar-refractivity contribution in [3.8, 4) is 0 Å². The summed E-state index contributed by atoms with van der Waals surface area (Å²) in [7, 11) is 0. The highest BCUT2D eigenvalue weighted by Crippen LogP contribution is 2.42. The first-order valence-electron chi connectivity index (χ1n) is 13.5. The van der Waals surface area contributed by atoms with E-state index in [4.69, 9.17) is 9.84 Å². The number of fused-ring (bicyclic) bond motifs is 1. The predicted octanol–water partition coefficient (Wildman–Crippen LogP) is 3.78. The number of anilines is 1. The Kier molecular flexibility index (Phi) is 6.57. The van der Waals surface area contributed by atoms with Gasteiger partial charge in [-0.15, -0.1) is 0 Å². The smallest absolute Gasteiger partial charge is 0.416 e. The summed E-state index contributed by atoms with van der Waals surface area (Å²) in [4.78, 5) is 30.2. The average Bonchev–Trinajstić information content (AvgIpc) is 3.69. The molecule has 12 heteroatoms. The molecule has 4 saturated heterocycles. The van der Waals surface area contributed by atoms with E-state index in [0.29, 0.717) is 63.5 Å². The number of benzene rings is 1. The van der Waals surface area contributed by atoms with Crippen molar-refractivity contribution >= 4 is 17.7 Å². The zero-order chi connectivity index (χ0) is 27.4. The molecular formula is C27H32F3N5O4. The third-order valence-corrected chi connectivity index (χ3v) is 9.06. The van der Waals surface area contributed by atoms with Gasteiger partial charge in [0.2, 0.25) is 0 Å². The lowest BCUT2D eigenvalue weighted by Crippen LogP contribution is -2.53. The first-order valence-corrected chi connectivity index (χ1v) is 13.5. The highest BCUT2D eigenvalue weighted by molar-refractivity contribution is 5.86. The van der Waals surface area contributed by atoms with Crippen molar-refractivity contribution in [1.82, 2.24) is 19.6 Å². The number of hydrogen-bond acceptors (Lipinski definition) is 6. The maximum Gasteiger partial charge on any atom is 0.416 e. The predicted molar refractivity (Wildman–Crippen MR) is 135 cm³/mol. The molecule has 5 heterocycles. The number of alkyl halides is 3. The number of carbonyl (C=O) groups excluding carboxylic acids is 1. The minimum absolute atomic E-state index is 0.123. The molecule has 1 spiro atoms. The Bertz CT molecular complexity index is 1240. The number of likely N-dealkylation sites (tertiary alicyclic amines) is 2. The average molecular weight is 548 g/mol. The molecule has 1 N–H and O–H groups in total. The lowest BCUT2D eigenvalue weighted by atomic mass is 9.84. The van der Waals surface area contributed by atoms with Crippen LogP contribution in [0.25, 0.3) is 0 Å². The van der Waals surface area contributed by atoms with Crippen LogP contribution in [0.4, 0.5) is 23.7 Å². The molecule has 4 fully saturated rings. The van der Waals surface area contributed by atoms with Gasteiger partial charge in [0.15, 0.2) is 5.69 Å². The Morgan fingerprint density at radius 2 is 1.77 bits per heavy atom. The third-order valence-electron chi connectivity index (χ3n) is 9.06. The van der Waals surface area contributed by atoms with E-state index in [1.54, 1.807) is 11.0 Å². The van der Waals surface area contributed by atoms with Crippen LogP contribution < -0.4 is 4.90 Å². The molecule has 6 rings (SSSR count). The molecule has 1 aromatic carbocycles. The molecule has 4 aliphatic rings. The van der Waals surface area contributed by atoms with E-state index in [-0.39, 0.29) is 17.3 Å². The van der Waals surface area contributed by atoms with E-state index in [2.05, 4.69) is 14.9 Å². The number of amides is 1. The van der Waals surface area contributed by atoms with Gasteiger partial charge in [0, 0.05) is 62.0 Å². The topological polar surface area (TPSA) is 91.1 Å². The van der Waals surface area contributed by atoms with Crippen molar-refractivity contribution in [2.75, 3.05) is 50.8 Å². The van der Waals surface area contributed by atoms with Crippen LogP contribution in [0.1, 0.15) is 47.3 Å². The molecule has 0 bridgehead atoms. The molecular weight excluding hydrogens is 515 g/mol. The van der Waals surface area contributed by atoms with E-state index >= 15 is 0 Å². The summed E-state index contributed by atoms with van der Waals surface area (Å²) in [6.07, 6.45) is 0.417. The molecule has 9 nitrogen and oxygen atoms in total. The third kappa shape index (κ3) is 4.88. The summed E-state index contributed by atoms with van der Waals surface area (Å²) in [5.41, 5.74) is 0.647. The second-order valence-corrected chi connectivity index (χ2v) is 11.3. The number of carboxylic acids is 1. The maximum absolute atomic E-state index is 13.7. The molecule has 4 aliphatic heterocycles. The van der Waals surface area contributed by atoms with Gasteiger partial charge in [-0.1, -0.05) is 6.07 Å². The fraction of sp³-hybridized carbons (Fsp3) is 0.593. The number of piperidine rings is 1. The number of aromatic carboxylic acids is 1. The monoisotopic (exact) mass is 547 g/mol. The van der Waals surface area contributed by atoms with Gasteiger partial charge in [0.1, 0.15) is 0 Å². The number of halogens is 3. The molecule has 210 valence electrons. The highest BCUT2D eigenvalue weighted by atomic mass is 19.4. The summed E-state index contributed by atoms with van der Waals surface area (Å²) in [5, 5.41) is 13.0. The van der Waals surface area contributed by atoms with E-state index in [1.165, 1.54) is 24.4 Å². The van der Waals surface area contributed by atoms with Crippen LogP contribution in [-0.4, -0.2) is 88.2 Å². The Labute approximate surface area is 224 Å². The maximum atomic E-state index is 13.7. The first kappa shape index (κ1) is 26.1. The number of hydrogen-bond donors (Lipinski definition) is 1. The van der Waals surface area contributed by atoms with Crippen molar-refractivity contribution < 1.29 is 32.6 Å². The molecule has 1 aromatic heterocycles. The standard InChI is InChI=1S/C27H32F3N5O4/c28-27(29,30)21-3-2-18(23(12-21)33-13-19-16-39-17-20(19)14-33)15-34-8-1-5-26(34)6-10-32(11-7-26)25(38)35-9-4-22(31-35)24(36)37/h2-4,9,12,19-20H,1,5-8,10-11,13-17H2,(H,36,37). The molecule has 39 heavy (non-hydrogen) atoms. The zero-order valence-electron chi connectivity index (χ0n) is 21.6. The van der Waals surface area contributed by atoms with Crippen LogP contribution in [0.2, 0.25) is 0 Å². The molecule has 0 radical (unpaired) electrons. The van der Waals surface area contributed by atoms with Gasteiger partial charge in [-0.2, -0.15) is 23.0 Å². The number of aromatic nitrogens is 2. The first-order chi connectivity index (χ1) is 18.6. The fourth-order valence-electron chi connectivity index (χ4n) is 6.87. The van der Waals surface area contributed by atoms with Gasteiger partial charge in [0.05, 0.1) is 18.8 Å². The van der Waals surface area contributed by atoms with Crippen LogP contribution in [0, 0.1) is 11.8 Å². The summed E-state index contributed by atoms with van der Waals surface area (Å²) >= 11 is 0. The van der Waals surface area contributed by atoms with Crippen molar-refractivity contribution in [3.63, 3.8) is 0 Å². The summed E-state index contributed by atoms with van der Waals surface area (Å²) in [6, 6.07) is 5.10. The SMILES string of the molecule is O=C(O)c1ccn(C(=O)N2CCC3(CCCN3Cc3ccc(C(F)(F)F)cc3N3CC4COCC4C3)CC2)n1. The van der Waals surface area contributed by atoms with E-state index in [1.807, 2.05) is 0 Å². The Morgan fingerprint density at radius 3 is 2.41 bits per heavy atom. The Hall–Kier alpha value is -3.12. The quantitative estimate of drug-likeness (QED) is 0.623. The highest BCUT2D eigenvalue weighted by Gasteiger charge is 2.45. The van der Waals surface area contributed by atoms with Crippen molar-refractivity contribution in [2.45, 2.75) is 43.9 Å². The summed E-state index contributed by atoms with van der Waals surface area (Å²) in [5.74, 6) is -0.476. The molecule has 2 atom stereocenters. The van der Waals surface area contributed by atoms with Crippen LogP contribution in [0.15, 0.2) is 30.5 Å². The van der Waals surface area contributed by atoms with Crippen LogP contribution >= 0.6 is 0 Å². The number of carboxylic acid groups (broad SMARTS) is 1. The van der Waals surface area contributed by atoms with Gasteiger partial charge >= 0.3 is 18.2 Å². The Balaban J connectivity index is 1.18. The van der Waals surface area contributed by atoms with Gasteiger partial charge in [-0.25, -0.2) is 9.59 Å². The zero-order valence-corrected chi connectivity index (χ0v) is 21.6. The number of rotatable bonds is 4. The second kappa shape index (κ2) is 9.81. The van der Waals surface area contributed by atoms with Crippen LogP contribution in [0.5, 0.6) is 0 Å². The van der Waals surface area contributed by atoms with Gasteiger partial charge < -0.3 is 19.6 Å². The molecule has 2 aromatic rings. The second-order valence-electron chi connectivity index (χ2n) is 11.3. The van der Waals surface area contributed by atoms with Crippen molar-refractivity contribution in [1.29, 1.82) is 0 Å². The lowest BCUT2D eigenvalue weighted by molar-refractivity contribution is -0.137. The van der Waals surface area contributed by atoms with Crippen molar-refractivity contribution in [2.24, 2.45) is 11.8 Å². The fourth-order valence-corrected chi connectivity index (χ4v) is 6.87. The Morgan fingerprint density at radius 1 is 1.05 bits per heavy atom. The van der Waals surface area contributed by atoms with Gasteiger partial charge in [-0.3, -0.25) is 4.90 Å². The van der Waals surface area contributed by atoms with E-state index in [9.17, 15) is 22.8 Å². The van der Waals surface area contributed by atoms with Gasteiger partial charge in [0.25, 0.3) is 0 Å². The minimum Gasteiger partial charge on any atom is -0.476 e. The number of carbonyl (C=O) groups is 2. The lowest BCUT2D eigenvalue weighted by Gasteiger charge is -2.45. The number of ether oxygens (including phenoxy) is 1. The summed E-state index contributed by atoms with van der Waals surface area (Å²) < 4.78 is 47.6. The van der Waals surface area contributed by atoms with E-state index in [0.717, 1.165) is 42.5 Å². The summed E-state index contributed by atoms with van der Waals surface area (Å²) in [6.45, 7) is 5.17. The van der Waals surface area contributed by atoms with Gasteiger partial charge in [-0.05, 0) is 56.0 Å². The normalized spacial score (nSPS) is 25.0. The van der Waals surface area contributed by atoms with Crippen LogP contribution in [-0.2, 0) is 17.5 Å². The van der Waals surface area contributed by atoms with Crippen molar-refractivity contribution in [3.05, 3.63) is 47.3 Å².